The summed E-state index contributed by atoms with van der Waals surface area (Å²) in [6.45, 7) is 1.84. The molecule has 1 atom stereocenters. The van der Waals surface area contributed by atoms with Crippen molar-refractivity contribution in [2.24, 2.45) is 0 Å². The first-order valence-corrected chi connectivity index (χ1v) is 11.6. The number of halogens is 2. The second kappa shape index (κ2) is 9.07. The van der Waals surface area contributed by atoms with E-state index >= 15 is 0 Å². The van der Waals surface area contributed by atoms with Crippen molar-refractivity contribution in [3.63, 3.8) is 0 Å². The van der Waals surface area contributed by atoms with Crippen molar-refractivity contribution in [3.8, 4) is 5.82 Å². The van der Waals surface area contributed by atoms with Crippen LogP contribution in [0.15, 0.2) is 39.5 Å². The highest BCUT2D eigenvalue weighted by Crippen LogP contribution is 2.38. The van der Waals surface area contributed by atoms with Gasteiger partial charge in [-0.2, -0.15) is 4.68 Å². The number of nitrogens with zero attached hydrogens (tertiary/aromatic N) is 6. The minimum absolute atomic E-state index is 0.237. The summed E-state index contributed by atoms with van der Waals surface area (Å²) >= 11 is 6.82. The zero-order valence-electron chi connectivity index (χ0n) is 17.7. The van der Waals surface area contributed by atoms with E-state index in [0.717, 1.165) is 21.8 Å². The van der Waals surface area contributed by atoms with Crippen molar-refractivity contribution in [1.29, 1.82) is 0 Å². The molecule has 0 unspecified atom stereocenters. The van der Waals surface area contributed by atoms with Crippen LogP contribution in [-0.2, 0) is 0 Å². The molecule has 1 saturated carbocycles. The van der Waals surface area contributed by atoms with Gasteiger partial charge in [0.15, 0.2) is 17.5 Å². The molecule has 0 radical (unpaired) electrons. The first-order chi connectivity index (χ1) is 15.2. The lowest BCUT2D eigenvalue weighted by Crippen LogP contribution is -2.29. The van der Waals surface area contributed by atoms with Crippen LogP contribution in [0.1, 0.15) is 64.2 Å². The van der Waals surface area contributed by atoms with E-state index in [2.05, 4.69) is 52.2 Å². The fourth-order valence-electron chi connectivity index (χ4n) is 3.14. The van der Waals surface area contributed by atoms with Gasteiger partial charge in [0, 0.05) is 40.6 Å². The van der Waals surface area contributed by atoms with E-state index in [1.165, 1.54) is 11.2 Å². The Morgan fingerprint density at radius 3 is 2.44 bits per heavy atom. The van der Waals surface area contributed by atoms with Crippen LogP contribution in [0.2, 0.25) is 0 Å². The molecule has 9 nitrogen and oxygen atoms in total. The molecule has 0 bridgehead atoms. The van der Waals surface area contributed by atoms with Gasteiger partial charge in [-0.3, -0.25) is 9.59 Å². The Labute approximate surface area is 201 Å². The van der Waals surface area contributed by atoms with Gasteiger partial charge in [0.25, 0.3) is 11.8 Å². The van der Waals surface area contributed by atoms with Gasteiger partial charge in [0.2, 0.25) is 0 Å². The molecule has 0 spiro atoms. The van der Waals surface area contributed by atoms with E-state index in [1.54, 1.807) is 37.0 Å². The lowest BCUT2D eigenvalue weighted by Gasteiger charge is -2.15. The van der Waals surface area contributed by atoms with Gasteiger partial charge in [-0.05, 0) is 38.0 Å². The van der Waals surface area contributed by atoms with Crippen molar-refractivity contribution in [3.05, 3.63) is 62.4 Å². The van der Waals surface area contributed by atoms with Crippen LogP contribution in [0.4, 0.5) is 0 Å². The molecular formula is C21H21Br2N7O2. The maximum atomic E-state index is 12.9. The molecule has 11 heteroatoms. The summed E-state index contributed by atoms with van der Waals surface area (Å²) in [5.74, 6) is 1.50. The van der Waals surface area contributed by atoms with Gasteiger partial charge < -0.3 is 10.2 Å². The molecule has 1 aliphatic carbocycles. The third kappa shape index (κ3) is 4.88. The number of benzene rings is 1. The Hall–Kier alpha value is -2.66. The zero-order chi connectivity index (χ0) is 23.0. The van der Waals surface area contributed by atoms with Crippen LogP contribution in [0.5, 0.6) is 0 Å². The predicted octanol–water partition coefficient (Wildman–Crippen LogP) is 3.65. The topological polar surface area (TPSA) is 106 Å². The summed E-state index contributed by atoms with van der Waals surface area (Å²) in [7, 11) is 3.32. The fraction of sp³-hybridized carbons (Fsp3) is 0.333. The molecule has 3 aromatic rings. The Bertz CT molecular complexity index is 1170. The van der Waals surface area contributed by atoms with Gasteiger partial charge in [-0.25, -0.2) is 15.0 Å². The lowest BCUT2D eigenvalue weighted by molar-refractivity contribution is 0.0821. The third-order valence-electron chi connectivity index (χ3n) is 4.95. The Morgan fingerprint density at radius 1 is 1.12 bits per heavy atom. The Balaban J connectivity index is 1.66. The molecule has 1 aromatic carbocycles. The molecule has 0 saturated heterocycles. The van der Waals surface area contributed by atoms with E-state index in [0.29, 0.717) is 28.9 Å². The van der Waals surface area contributed by atoms with Crippen LogP contribution in [0.3, 0.4) is 0 Å². The van der Waals surface area contributed by atoms with Crippen LogP contribution < -0.4 is 5.32 Å². The second-order valence-corrected chi connectivity index (χ2v) is 9.66. The van der Waals surface area contributed by atoms with Crippen molar-refractivity contribution < 1.29 is 9.59 Å². The highest BCUT2D eigenvalue weighted by molar-refractivity contribution is 9.11. The molecule has 2 aromatic heterocycles. The van der Waals surface area contributed by atoms with Gasteiger partial charge >= 0.3 is 0 Å². The molecular weight excluding hydrogens is 542 g/mol. The summed E-state index contributed by atoms with van der Waals surface area (Å²) < 4.78 is 3.18. The SMILES string of the molecule is C[C@H](NC(=O)c1cc(Br)cc(Br)c1)c1nc(C2CC2)nn1-c1cc(C(=O)N(C)C)ncn1. The van der Waals surface area contributed by atoms with E-state index < -0.39 is 6.04 Å². The van der Waals surface area contributed by atoms with E-state index in [9.17, 15) is 9.59 Å². The molecule has 2 amide bonds. The van der Waals surface area contributed by atoms with Crippen molar-refractivity contribution in [2.75, 3.05) is 14.1 Å². The molecule has 1 N–H and O–H groups in total. The smallest absolute Gasteiger partial charge is 0.272 e. The normalized spacial score (nSPS) is 14.2. The molecule has 4 rings (SSSR count). The number of hydrogen-bond acceptors (Lipinski definition) is 6. The second-order valence-electron chi connectivity index (χ2n) is 7.83. The molecule has 2 heterocycles. The minimum Gasteiger partial charge on any atom is -0.343 e. The Kier molecular flexibility index (Phi) is 6.38. The van der Waals surface area contributed by atoms with Crippen LogP contribution in [-0.4, -0.2) is 55.5 Å². The summed E-state index contributed by atoms with van der Waals surface area (Å²) in [5, 5.41) is 7.62. The average molecular weight is 563 g/mol. The fourth-order valence-corrected chi connectivity index (χ4v) is 4.44. The maximum absolute atomic E-state index is 12.9. The van der Waals surface area contributed by atoms with E-state index in [1.807, 2.05) is 13.0 Å². The number of nitrogens with one attached hydrogen (secondary N) is 1. The van der Waals surface area contributed by atoms with Crippen molar-refractivity contribution >= 4 is 43.7 Å². The third-order valence-corrected chi connectivity index (χ3v) is 5.86. The minimum atomic E-state index is -0.455. The standard InChI is InChI=1S/C21H21Br2N7O2/c1-11(26-20(31)13-6-14(22)8-15(23)7-13)19-27-18(12-4-5-12)28-30(19)17-9-16(24-10-25-17)21(32)29(2)3/h6-12H,4-5H2,1-3H3,(H,26,31)/t11-/m0/s1. The van der Waals surface area contributed by atoms with Crippen LogP contribution >= 0.6 is 31.9 Å². The van der Waals surface area contributed by atoms with Crippen molar-refractivity contribution in [2.45, 2.75) is 31.7 Å². The summed E-state index contributed by atoms with van der Waals surface area (Å²) in [6.07, 6.45) is 3.39. The summed E-state index contributed by atoms with van der Waals surface area (Å²) in [5.41, 5.74) is 0.762. The number of aromatic nitrogens is 5. The quantitative estimate of drug-likeness (QED) is 0.491. The van der Waals surface area contributed by atoms with Gasteiger partial charge in [0.05, 0.1) is 6.04 Å². The highest BCUT2D eigenvalue weighted by Gasteiger charge is 2.31. The summed E-state index contributed by atoms with van der Waals surface area (Å²) in [6, 6.07) is 6.48. The monoisotopic (exact) mass is 561 g/mol. The van der Waals surface area contributed by atoms with E-state index in [-0.39, 0.29) is 17.5 Å². The molecule has 1 aliphatic rings. The maximum Gasteiger partial charge on any atom is 0.272 e. The number of hydrogen-bond donors (Lipinski definition) is 1. The number of carbonyl (C=O) groups excluding carboxylic acids is 2. The Morgan fingerprint density at radius 2 is 1.81 bits per heavy atom. The predicted molar refractivity (Wildman–Crippen MR) is 125 cm³/mol. The number of rotatable bonds is 6. The first-order valence-electron chi connectivity index (χ1n) is 10.0. The summed E-state index contributed by atoms with van der Waals surface area (Å²) in [4.78, 5) is 39.7. The lowest BCUT2D eigenvalue weighted by atomic mass is 10.2. The molecule has 1 fully saturated rings. The van der Waals surface area contributed by atoms with Gasteiger partial charge in [-0.15, -0.1) is 5.10 Å². The largest absolute Gasteiger partial charge is 0.343 e. The average Bonchev–Trinajstić information content (AvgIpc) is 3.50. The van der Waals surface area contributed by atoms with E-state index in [4.69, 9.17) is 4.98 Å². The van der Waals surface area contributed by atoms with Crippen LogP contribution in [0.25, 0.3) is 5.82 Å². The van der Waals surface area contributed by atoms with Gasteiger partial charge in [-0.1, -0.05) is 31.9 Å². The highest BCUT2D eigenvalue weighted by atomic mass is 79.9. The molecule has 32 heavy (non-hydrogen) atoms. The number of carbonyl (C=O) groups is 2. The first kappa shape index (κ1) is 22.5. The number of amides is 2. The van der Waals surface area contributed by atoms with Crippen LogP contribution in [0, 0.1) is 0 Å². The van der Waals surface area contributed by atoms with Gasteiger partial charge in [0.1, 0.15) is 12.0 Å². The molecule has 0 aliphatic heterocycles. The zero-order valence-corrected chi connectivity index (χ0v) is 20.9. The van der Waals surface area contributed by atoms with Crippen molar-refractivity contribution in [1.82, 2.24) is 34.9 Å². The molecule has 166 valence electrons.